The van der Waals surface area contributed by atoms with Gasteiger partial charge in [0.1, 0.15) is 12.7 Å². The van der Waals surface area contributed by atoms with Crippen molar-refractivity contribution in [2.75, 3.05) is 13.2 Å². The predicted octanol–water partition coefficient (Wildman–Crippen LogP) is -0.698. The number of carbonyl (C=O) groups excluding carboxylic acids is 2. The number of fused-ring (bicyclic) bond motifs is 2. The molecule has 0 saturated carbocycles. The molecule has 2 saturated heterocycles. The first kappa shape index (κ1) is 18.1. The van der Waals surface area contributed by atoms with E-state index in [1.54, 1.807) is 22.6 Å². The van der Waals surface area contributed by atoms with Crippen LogP contribution in [0.3, 0.4) is 0 Å². The highest BCUT2D eigenvalue weighted by molar-refractivity contribution is 14.1. The summed E-state index contributed by atoms with van der Waals surface area (Å²) >= 11 is 1.78. The lowest BCUT2D eigenvalue weighted by Gasteiger charge is -2.30. The van der Waals surface area contributed by atoms with Crippen molar-refractivity contribution in [2.45, 2.75) is 37.9 Å². The van der Waals surface area contributed by atoms with Crippen LogP contribution < -0.4 is 11.2 Å². The molecular weight excluding hydrogens is 451 g/mol. The zero-order chi connectivity index (χ0) is 18.4. The van der Waals surface area contributed by atoms with E-state index in [0.717, 1.165) is 0 Å². The monoisotopic (exact) mass is 466 g/mol. The summed E-state index contributed by atoms with van der Waals surface area (Å²) in [6.45, 7) is 2.32. The number of ether oxygens (including phenoxy) is 4. The molecule has 136 valence electrons. The Morgan fingerprint density at radius 1 is 1.40 bits per heavy atom. The van der Waals surface area contributed by atoms with Crippen molar-refractivity contribution in [1.82, 2.24) is 9.55 Å². The molecule has 4 atom stereocenters. The van der Waals surface area contributed by atoms with Gasteiger partial charge in [0.2, 0.25) is 0 Å². The Balaban J connectivity index is 1.98. The van der Waals surface area contributed by atoms with Gasteiger partial charge in [-0.25, -0.2) is 4.79 Å². The normalized spacial score (nSPS) is 30.3. The van der Waals surface area contributed by atoms with Gasteiger partial charge in [-0.15, -0.1) is 0 Å². The lowest BCUT2D eigenvalue weighted by Crippen LogP contribution is -2.47. The number of H-pyrrole nitrogens is 1. The third-order valence-corrected chi connectivity index (χ3v) is 4.75. The molecule has 0 spiro atoms. The molecule has 0 aliphatic carbocycles. The van der Waals surface area contributed by atoms with E-state index in [1.807, 2.05) is 0 Å². The summed E-state index contributed by atoms with van der Waals surface area (Å²) in [6, 6.07) is 0. The highest BCUT2D eigenvalue weighted by atomic mass is 127. The van der Waals surface area contributed by atoms with E-state index in [1.165, 1.54) is 24.6 Å². The second-order valence-electron chi connectivity index (χ2n) is 5.80. The summed E-state index contributed by atoms with van der Waals surface area (Å²) in [6.07, 6.45) is -1.24. The van der Waals surface area contributed by atoms with Gasteiger partial charge in [0.05, 0.1) is 10.2 Å². The molecule has 2 bridgehead atoms. The average molecular weight is 466 g/mol. The number of rotatable bonds is 4. The van der Waals surface area contributed by atoms with Crippen LogP contribution in [0, 0.1) is 3.57 Å². The fourth-order valence-corrected chi connectivity index (χ4v) is 3.38. The molecule has 1 N–H and O–H groups in total. The number of carbonyl (C=O) groups is 2. The molecule has 0 radical (unpaired) electrons. The van der Waals surface area contributed by atoms with E-state index in [9.17, 15) is 19.2 Å². The Hall–Kier alpha value is -1.73. The molecule has 2 aliphatic heterocycles. The van der Waals surface area contributed by atoms with Gasteiger partial charge in [-0.05, 0) is 22.6 Å². The number of esters is 2. The predicted molar refractivity (Wildman–Crippen MR) is 88.8 cm³/mol. The quantitative estimate of drug-likeness (QED) is 0.457. The lowest BCUT2D eigenvalue weighted by molar-refractivity contribution is -0.198. The van der Waals surface area contributed by atoms with Gasteiger partial charge >= 0.3 is 17.6 Å². The Morgan fingerprint density at radius 3 is 2.76 bits per heavy atom. The molecule has 2 aliphatic rings. The summed E-state index contributed by atoms with van der Waals surface area (Å²) in [4.78, 5) is 48.5. The summed E-state index contributed by atoms with van der Waals surface area (Å²) in [7, 11) is 0. The van der Waals surface area contributed by atoms with Crippen molar-refractivity contribution in [1.29, 1.82) is 0 Å². The fraction of sp³-hybridized carbons (Fsp3) is 0.571. The average Bonchev–Trinajstić information content (AvgIpc) is 3.00. The summed E-state index contributed by atoms with van der Waals surface area (Å²) < 4.78 is 23.4. The summed E-state index contributed by atoms with van der Waals surface area (Å²) in [5, 5.41) is 0. The minimum Gasteiger partial charge on any atom is -0.463 e. The van der Waals surface area contributed by atoms with Crippen LogP contribution in [0.15, 0.2) is 15.8 Å². The van der Waals surface area contributed by atoms with Gasteiger partial charge in [0, 0.05) is 20.0 Å². The van der Waals surface area contributed by atoms with E-state index in [2.05, 4.69) is 4.98 Å². The van der Waals surface area contributed by atoms with Crippen molar-refractivity contribution in [3.05, 3.63) is 30.6 Å². The Morgan fingerprint density at radius 2 is 2.12 bits per heavy atom. The second kappa shape index (κ2) is 6.53. The molecule has 2 fully saturated rings. The SMILES string of the molecule is CC(=O)OC[C@@]12CO[C@@H]([C@H](n3cc(I)c(=O)[nH]c3=O)O1)[C@@H]2OC(C)=O. The third-order valence-electron chi connectivity index (χ3n) is 3.98. The van der Waals surface area contributed by atoms with Crippen LogP contribution >= 0.6 is 22.6 Å². The molecular formula is C14H15IN2O8. The van der Waals surface area contributed by atoms with E-state index in [4.69, 9.17) is 18.9 Å². The van der Waals surface area contributed by atoms with Crippen LogP contribution in [-0.4, -0.2) is 52.5 Å². The first-order chi connectivity index (χ1) is 11.7. The van der Waals surface area contributed by atoms with E-state index in [-0.39, 0.29) is 16.8 Å². The molecule has 11 heteroatoms. The minimum atomic E-state index is -1.21. The number of nitrogens with zero attached hydrogens (tertiary/aromatic N) is 1. The topological polar surface area (TPSA) is 126 Å². The zero-order valence-corrected chi connectivity index (χ0v) is 15.5. The van der Waals surface area contributed by atoms with E-state index in [0.29, 0.717) is 0 Å². The number of aromatic amines is 1. The van der Waals surface area contributed by atoms with Gasteiger partial charge in [0.15, 0.2) is 17.9 Å². The standard InChI is InChI=1S/C14H15IN2O8/c1-6(18)22-4-14-5-23-9(10(14)24-7(2)19)12(25-14)17-3-8(15)11(20)16-13(17)21/h3,9-10,12H,4-5H2,1-2H3,(H,16,20,21)/t9-,10+,12-,14+/m1/s1. The number of nitrogens with one attached hydrogen (secondary N) is 1. The minimum absolute atomic E-state index is 0.0363. The van der Waals surface area contributed by atoms with Gasteiger partial charge in [-0.3, -0.25) is 23.9 Å². The van der Waals surface area contributed by atoms with Gasteiger partial charge in [-0.1, -0.05) is 0 Å². The number of hydrogen-bond donors (Lipinski definition) is 1. The van der Waals surface area contributed by atoms with E-state index >= 15 is 0 Å². The second-order valence-corrected chi connectivity index (χ2v) is 6.96. The van der Waals surface area contributed by atoms with Crippen molar-refractivity contribution in [3.63, 3.8) is 0 Å². The Bertz CT molecular complexity index is 833. The molecule has 25 heavy (non-hydrogen) atoms. The molecule has 3 rings (SSSR count). The highest BCUT2D eigenvalue weighted by Gasteiger charge is 2.65. The van der Waals surface area contributed by atoms with Crippen LogP contribution in [-0.2, 0) is 28.5 Å². The highest BCUT2D eigenvalue weighted by Crippen LogP contribution is 2.46. The molecule has 0 amide bonds. The van der Waals surface area contributed by atoms with Crippen LogP contribution in [0.4, 0.5) is 0 Å². The fourth-order valence-electron chi connectivity index (χ4n) is 2.95. The maximum Gasteiger partial charge on any atom is 0.330 e. The lowest BCUT2D eigenvalue weighted by atomic mass is 10.00. The number of hydrogen-bond acceptors (Lipinski definition) is 8. The van der Waals surface area contributed by atoms with Gasteiger partial charge in [0.25, 0.3) is 5.56 Å². The maximum absolute atomic E-state index is 12.1. The van der Waals surface area contributed by atoms with Crippen molar-refractivity contribution in [3.8, 4) is 0 Å². The van der Waals surface area contributed by atoms with Crippen molar-refractivity contribution >= 4 is 34.5 Å². The molecule has 0 unspecified atom stereocenters. The van der Waals surface area contributed by atoms with Crippen molar-refractivity contribution < 1.29 is 28.5 Å². The summed E-state index contributed by atoms with van der Waals surface area (Å²) in [5.74, 6) is -1.08. The first-order valence-electron chi connectivity index (χ1n) is 7.34. The Labute approximate surface area is 154 Å². The molecule has 10 nitrogen and oxygen atoms in total. The third kappa shape index (κ3) is 3.22. The van der Waals surface area contributed by atoms with Gasteiger partial charge < -0.3 is 18.9 Å². The van der Waals surface area contributed by atoms with E-state index < -0.39 is 47.2 Å². The van der Waals surface area contributed by atoms with Gasteiger partial charge in [-0.2, -0.15) is 0 Å². The number of halogens is 1. The first-order valence-corrected chi connectivity index (χ1v) is 8.42. The van der Waals surface area contributed by atoms with Crippen LogP contribution in [0.5, 0.6) is 0 Å². The summed E-state index contributed by atoms with van der Waals surface area (Å²) in [5.41, 5.74) is -2.42. The molecule has 0 aromatic carbocycles. The van der Waals surface area contributed by atoms with Crippen LogP contribution in [0.1, 0.15) is 20.1 Å². The Kier molecular flexibility index (Phi) is 4.72. The smallest absolute Gasteiger partial charge is 0.330 e. The number of aromatic nitrogens is 2. The zero-order valence-electron chi connectivity index (χ0n) is 13.3. The van der Waals surface area contributed by atoms with Crippen molar-refractivity contribution in [2.24, 2.45) is 0 Å². The molecule has 1 aromatic rings. The largest absolute Gasteiger partial charge is 0.463 e. The maximum atomic E-state index is 12.1. The van der Waals surface area contributed by atoms with Crippen LogP contribution in [0.25, 0.3) is 0 Å². The van der Waals surface area contributed by atoms with Crippen LogP contribution in [0.2, 0.25) is 0 Å². The molecule has 3 heterocycles. The molecule has 1 aromatic heterocycles.